The van der Waals surface area contributed by atoms with Gasteiger partial charge in [0, 0.05) is 11.9 Å². The minimum atomic E-state index is -4.45. The predicted octanol–water partition coefficient (Wildman–Crippen LogP) is 4.53. The maximum atomic E-state index is 12.9. The molecule has 2 aromatic heterocycles. The molecule has 0 bridgehead atoms. The number of hydrogen-bond donors (Lipinski definition) is 0. The van der Waals surface area contributed by atoms with Crippen LogP contribution < -0.4 is 0 Å². The van der Waals surface area contributed by atoms with E-state index in [0.717, 1.165) is 28.0 Å². The van der Waals surface area contributed by atoms with Gasteiger partial charge in [-0.05, 0) is 24.6 Å². The predicted molar refractivity (Wildman–Crippen MR) is 68.2 cm³/mol. The summed E-state index contributed by atoms with van der Waals surface area (Å²) in [5.41, 5.74) is 0.505. The van der Waals surface area contributed by atoms with E-state index in [2.05, 4.69) is 4.98 Å². The zero-order chi connectivity index (χ0) is 14.5. The second kappa shape index (κ2) is 4.31. The first kappa shape index (κ1) is 13.1. The molecule has 3 rings (SSSR count). The average molecular weight is 300 g/mol. The number of imidazole rings is 1. The van der Waals surface area contributed by atoms with Crippen LogP contribution in [0.3, 0.4) is 0 Å². The fourth-order valence-corrected chi connectivity index (χ4v) is 3.07. The van der Waals surface area contributed by atoms with E-state index in [1.807, 2.05) is 0 Å². The highest BCUT2D eigenvalue weighted by atomic mass is 32.1. The molecular weight excluding hydrogens is 292 g/mol. The molecular formula is C13H8F4N2S. The summed E-state index contributed by atoms with van der Waals surface area (Å²) in [6.45, 7) is 1.71. The molecule has 3 aromatic rings. The Balaban J connectivity index is 2.13. The molecule has 1 aromatic carbocycles. The van der Waals surface area contributed by atoms with E-state index in [-0.39, 0.29) is 10.8 Å². The van der Waals surface area contributed by atoms with E-state index < -0.39 is 11.9 Å². The Hall–Kier alpha value is -1.89. The van der Waals surface area contributed by atoms with Gasteiger partial charge in [-0.15, -0.1) is 0 Å². The summed E-state index contributed by atoms with van der Waals surface area (Å²) in [6.07, 6.45) is -3.47. The summed E-state index contributed by atoms with van der Waals surface area (Å²) in [5.74, 6) is -0.355. The van der Waals surface area contributed by atoms with E-state index in [4.69, 9.17) is 0 Å². The SMILES string of the molecule is Cc1c(-c2ccc(F)cc2)sc2nc(C(F)(F)F)cn12. The first-order valence-corrected chi connectivity index (χ1v) is 6.49. The van der Waals surface area contributed by atoms with Crippen LogP contribution in [0.15, 0.2) is 30.5 Å². The van der Waals surface area contributed by atoms with Crippen LogP contribution in [0, 0.1) is 12.7 Å². The van der Waals surface area contributed by atoms with Crippen molar-refractivity contribution in [3.63, 3.8) is 0 Å². The van der Waals surface area contributed by atoms with Gasteiger partial charge in [0.25, 0.3) is 0 Å². The number of hydrogen-bond acceptors (Lipinski definition) is 2. The fraction of sp³-hybridized carbons (Fsp3) is 0.154. The Bertz CT molecular complexity index is 768. The average Bonchev–Trinajstić information content (AvgIpc) is 2.91. The molecule has 20 heavy (non-hydrogen) atoms. The number of nitrogens with zero attached hydrogens (tertiary/aromatic N) is 2. The lowest BCUT2D eigenvalue weighted by Crippen LogP contribution is -2.04. The zero-order valence-electron chi connectivity index (χ0n) is 10.2. The van der Waals surface area contributed by atoms with Gasteiger partial charge in [0.2, 0.25) is 0 Å². The van der Waals surface area contributed by atoms with Crippen molar-refractivity contribution < 1.29 is 17.6 Å². The third kappa shape index (κ3) is 2.07. The maximum absolute atomic E-state index is 12.9. The maximum Gasteiger partial charge on any atom is 0.434 e. The summed E-state index contributed by atoms with van der Waals surface area (Å²) in [7, 11) is 0. The third-order valence-electron chi connectivity index (χ3n) is 2.95. The normalized spacial score (nSPS) is 12.2. The van der Waals surface area contributed by atoms with Crippen LogP contribution in [0.2, 0.25) is 0 Å². The Morgan fingerprint density at radius 3 is 2.35 bits per heavy atom. The quantitative estimate of drug-likeness (QED) is 0.604. The number of aryl methyl sites for hydroxylation is 1. The second-order valence-corrected chi connectivity index (χ2v) is 5.28. The number of aromatic nitrogens is 2. The minimum Gasteiger partial charge on any atom is -0.294 e. The van der Waals surface area contributed by atoms with Crippen LogP contribution in [0.5, 0.6) is 0 Å². The standard InChI is InChI=1S/C13H8F4N2S/c1-7-11(8-2-4-9(14)5-3-8)20-12-18-10(6-19(7)12)13(15,16)17/h2-6H,1H3. The molecule has 0 atom stereocenters. The van der Waals surface area contributed by atoms with Crippen LogP contribution in [0.25, 0.3) is 15.4 Å². The van der Waals surface area contributed by atoms with Crippen molar-refractivity contribution in [3.8, 4) is 10.4 Å². The lowest BCUT2D eigenvalue weighted by molar-refractivity contribution is -0.140. The lowest BCUT2D eigenvalue weighted by Gasteiger charge is -2.01. The molecule has 104 valence electrons. The van der Waals surface area contributed by atoms with Gasteiger partial charge in [-0.3, -0.25) is 4.40 Å². The minimum absolute atomic E-state index is 0.272. The van der Waals surface area contributed by atoms with Crippen molar-refractivity contribution in [2.45, 2.75) is 13.1 Å². The van der Waals surface area contributed by atoms with Crippen LogP contribution in [0.1, 0.15) is 11.4 Å². The van der Waals surface area contributed by atoms with Gasteiger partial charge in [-0.1, -0.05) is 23.5 Å². The number of thiazole rings is 1. The van der Waals surface area contributed by atoms with Crippen LogP contribution in [0.4, 0.5) is 17.6 Å². The lowest BCUT2D eigenvalue weighted by atomic mass is 10.1. The highest BCUT2D eigenvalue weighted by molar-refractivity contribution is 7.20. The molecule has 2 heterocycles. The fourth-order valence-electron chi connectivity index (χ4n) is 1.96. The van der Waals surface area contributed by atoms with Crippen molar-refractivity contribution >= 4 is 16.3 Å². The summed E-state index contributed by atoms with van der Waals surface area (Å²) in [6, 6.07) is 5.83. The second-order valence-electron chi connectivity index (χ2n) is 4.30. The monoisotopic (exact) mass is 300 g/mol. The van der Waals surface area contributed by atoms with Crippen LogP contribution in [-0.2, 0) is 6.18 Å². The summed E-state index contributed by atoms with van der Waals surface area (Å²) in [4.78, 5) is 4.64. The summed E-state index contributed by atoms with van der Waals surface area (Å²) in [5, 5.41) is 0. The molecule has 2 nitrogen and oxygen atoms in total. The molecule has 0 fully saturated rings. The van der Waals surface area contributed by atoms with Gasteiger partial charge in [0.15, 0.2) is 10.7 Å². The molecule has 0 N–H and O–H groups in total. The highest BCUT2D eigenvalue weighted by Crippen LogP contribution is 2.35. The molecule has 0 saturated carbocycles. The first-order chi connectivity index (χ1) is 9.36. The molecule has 0 aliphatic rings. The highest BCUT2D eigenvalue weighted by Gasteiger charge is 2.34. The molecule has 0 spiro atoms. The summed E-state index contributed by atoms with van der Waals surface area (Å²) >= 11 is 1.15. The van der Waals surface area contributed by atoms with E-state index in [0.29, 0.717) is 5.69 Å². The number of rotatable bonds is 1. The van der Waals surface area contributed by atoms with Gasteiger partial charge < -0.3 is 0 Å². The van der Waals surface area contributed by atoms with Gasteiger partial charge >= 0.3 is 6.18 Å². The third-order valence-corrected chi connectivity index (χ3v) is 4.16. The van der Waals surface area contributed by atoms with Gasteiger partial charge in [-0.25, -0.2) is 9.37 Å². The Labute approximate surface area is 115 Å². The van der Waals surface area contributed by atoms with Crippen molar-refractivity contribution in [2.75, 3.05) is 0 Å². The molecule has 0 radical (unpaired) electrons. The van der Waals surface area contributed by atoms with Crippen molar-refractivity contribution in [1.29, 1.82) is 0 Å². The van der Waals surface area contributed by atoms with Crippen molar-refractivity contribution in [3.05, 3.63) is 47.7 Å². The zero-order valence-corrected chi connectivity index (χ0v) is 11.0. The Morgan fingerprint density at radius 1 is 1.15 bits per heavy atom. The van der Waals surface area contributed by atoms with E-state index >= 15 is 0 Å². The molecule has 0 aliphatic heterocycles. The number of alkyl halides is 3. The Morgan fingerprint density at radius 2 is 1.80 bits per heavy atom. The molecule has 0 aliphatic carbocycles. The van der Waals surface area contributed by atoms with Crippen molar-refractivity contribution in [2.24, 2.45) is 0 Å². The van der Waals surface area contributed by atoms with Crippen LogP contribution >= 0.6 is 11.3 Å². The van der Waals surface area contributed by atoms with E-state index in [1.165, 1.54) is 16.5 Å². The molecule has 7 heteroatoms. The number of fused-ring (bicyclic) bond motifs is 1. The molecule has 0 saturated heterocycles. The largest absolute Gasteiger partial charge is 0.434 e. The summed E-state index contributed by atoms with van der Waals surface area (Å²) < 4.78 is 52.1. The first-order valence-electron chi connectivity index (χ1n) is 5.68. The Kier molecular flexibility index (Phi) is 2.82. The van der Waals surface area contributed by atoms with Crippen molar-refractivity contribution in [1.82, 2.24) is 9.38 Å². The van der Waals surface area contributed by atoms with E-state index in [1.54, 1.807) is 19.1 Å². The molecule has 0 amide bonds. The van der Waals surface area contributed by atoms with Gasteiger partial charge in [0.05, 0.1) is 4.88 Å². The van der Waals surface area contributed by atoms with Crippen LogP contribution in [-0.4, -0.2) is 9.38 Å². The van der Waals surface area contributed by atoms with Gasteiger partial charge in [0.1, 0.15) is 5.82 Å². The topological polar surface area (TPSA) is 17.3 Å². The number of halogens is 4. The smallest absolute Gasteiger partial charge is 0.294 e. The van der Waals surface area contributed by atoms with E-state index in [9.17, 15) is 17.6 Å². The van der Waals surface area contributed by atoms with Gasteiger partial charge in [-0.2, -0.15) is 13.2 Å². The molecule has 0 unspecified atom stereocenters. The number of benzene rings is 1.